The van der Waals surface area contributed by atoms with E-state index >= 15 is 0 Å². The fourth-order valence-electron chi connectivity index (χ4n) is 5.13. The Morgan fingerprint density at radius 3 is 2.50 bits per heavy atom. The number of aryl methyl sites for hydroxylation is 1. The number of aromatic nitrogens is 1. The maximum Gasteiger partial charge on any atom is 0.305 e. The topological polar surface area (TPSA) is 152 Å². The molecule has 2 unspecified atom stereocenters. The van der Waals surface area contributed by atoms with E-state index in [4.69, 9.17) is 4.74 Å². The van der Waals surface area contributed by atoms with E-state index < -0.39 is 33.8 Å². The standard InChI is InChI=1S/C29H22N4O7S2/c1-15-5-7-17(8-6-15)30-21(34)14-40-20-4-2-3-16(13-20)22-23-25(41-26-24(22)42-29(37)31-26)28(36)32(27(23)35)18-9-11-19(12-10-18)33(38)39/h2-13,22-23,25H,14H2,1H3,(H,30,34)(H,31,37)/t22-,23?,25?/m1/s1. The number of hydrogen-bond donors (Lipinski definition) is 2. The summed E-state index contributed by atoms with van der Waals surface area (Å²) < 4.78 is 5.77. The highest BCUT2D eigenvalue weighted by Crippen LogP contribution is 2.53. The van der Waals surface area contributed by atoms with E-state index in [1.54, 1.807) is 36.4 Å². The minimum absolute atomic E-state index is 0.161. The number of nitro benzene ring substituents is 1. The van der Waals surface area contributed by atoms with Gasteiger partial charge in [-0.1, -0.05) is 52.9 Å². The van der Waals surface area contributed by atoms with Crippen LogP contribution >= 0.6 is 23.1 Å². The number of carbonyl (C=O) groups is 3. The fourth-order valence-corrected chi connectivity index (χ4v) is 7.65. The Labute approximate surface area is 246 Å². The lowest BCUT2D eigenvalue weighted by atomic mass is 9.83. The summed E-state index contributed by atoms with van der Waals surface area (Å²) in [7, 11) is 0. The first kappa shape index (κ1) is 27.4. The third-order valence-corrected chi connectivity index (χ3v) is 9.47. The Bertz CT molecular complexity index is 1780. The molecule has 1 fully saturated rings. The average Bonchev–Trinajstić information content (AvgIpc) is 3.47. The fraction of sp³-hybridized carbons (Fsp3) is 0.172. The predicted octanol–water partition coefficient (Wildman–Crippen LogP) is 4.47. The van der Waals surface area contributed by atoms with Crippen LogP contribution in [-0.4, -0.2) is 39.5 Å². The molecule has 212 valence electrons. The molecule has 3 amide bonds. The molecule has 2 aliphatic heterocycles. The van der Waals surface area contributed by atoms with Gasteiger partial charge in [-0.15, -0.1) is 0 Å². The molecular formula is C29H22N4O7S2. The molecule has 42 heavy (non-hydrogen) atoms. The van der Waals surface area contributed by atoms with Crippen molar-refractivity contribution in [3.8, 4) is 5.75 Å². The van der Waals surface area contributed by atoms with Gasteiger partial charge < -0.3 is 15.0 Å². The van der Waals surface area contributed by atoms with E-state index in [-0.39, 0.29) is 28.8 Å². The van der Waals surface area contributed by atoms with Crippen molar-refractivity contribution in [1.29, 1.82) is 0 Å². The highest BCUT2D eigenvalue weighted by molar-refractivity contribution is 8.00. The van der Waals surface area contributed by atoms with Crippen LogP contribution in [0.3, 0.4) is 0 Å². The van der Waals surface area contributed by atoms with E-state index in [1.165, 1.54) is 24.3 Å². The Morgan fingerprint density at radius 1 is 1.05 bits per heavy atom. The molecule has 1 aromatic heterocycles. The number of imide groups is 1. The summed E-state index contributed by atoms with van der Waals surface area (Å²) in [6.45, 7) is 1.70. The first-order chi connectivity index (χ1) is 20.2. The summed E-state index contributed by atoms with van der Waals surface area (Å²) >= 11 is 2.12. The second kappa shape index (κ2) is 10.9. The molecule has 13 heteroatoms. The van der Waals surface area contributed by atoms with Gasteiger partial charge in [0.15, 0.2) is 6.61 Å². The molecule has 0 spiro atoms. The number of H-pyrrole nitrogens is 1. The smallest absolute Gasteiger partial charge is 0.305 e. The predicted molar refractivity (Wildman–Crippen MR) is 157 cm³/mol. The molecule has 2 aliphatic rings. The number of aromatic amines is 1. The maximum atomic E-state index is 13.9. The normalized spacial score (nSPS) is 19.3. The van der Waals surface area contributed by atoms with E-state index in [0.29, 0.717) is 26.9 Å². The molecular weight excluding hydrogens is 580 g/mol. The first-order valence-electron chi connectivity index (χ1n) is 12.8. The summed E-state index contributed by atoms with van der Waals surface area (Å²) in [5.74, 6) is -2.37. The number of carbonyl (C=O) groups excluding carboxylic acids is 3. The number of nitrogens with one attached hydrogen (secondary N) is 2. The number of rotatable bonds is 7. The van der Waals surface area contributed by atoms with Gasteiger partial charge >= 0.3 is 4.87 Å². The van der Waals surface area contributed by atoms with Gasteiger partial charge in [-0.2, -0.15) is 0 Å². The maximum absolute atomic E-state index is 13.9. The summed E-state index contributed by atoms with van der Waals surface area (Å²) in [5, 5.41) is 13.6. The number of nitrogens with zero attached hydrogens (tertiary/aromatic N) is 2. The molecule has 3 aromatic carbocycles. The third kappa shape index (κ3) is 5.08. The summed E-state index contributed by atoms with van der Waals surface area (Å²) in [5.41, 5.74) is 2.43. The van der Waals surface area contributed by atoms with Gasteiger partial charge in [-0.05, 0) is 48.9 Å². The number of fused-ring (bicyclic) bond motifs is 2. The van der Waals surface area contributed by atoms with Crippen molar-refractivity contribution in [3.63, 3.8) is 0 Å². The second-order valence-electron chi connectivity index (χ2n) is 9.81. The highest BCUT2D eigenvalue weighted by atomic mass is 32.2. The van der Waals surface area contributed by atoms with Gasteiger partial charge in [-0.3, -0.25) is 29.3 Å². The molecule has 6 rings (SSSR count). The van der Waals surface area contributed by atoms with Crippen LogP contribution < -0.4 is 19.8 Å². The Balaban J connectivity index is 1.28. The van der Waals surface area contributed by atoms with Crippen LogP contribution in [0.4, 0.5) is 17.1 Å². The number of thioether (sulfide) groups is 1. The Kier molecular flexibility index (Phi) is 7.12. The van der Waals surface area contributed by atoms with Gasteiger partial charge in [0.1, 0.15) is 11.0 Å². The van der Waals surface area contributed by atoms with Gasteiger partial charge in [0.2, 0.25) is 11.8 Å². The van der Waals surface area contributed by atoms with Crippen molar-refractivity contribution in [3.05, 3.63) is 109 Å². The lowest BCUT2D eigenvalue weighted by molar-refractivity contribution is -0.384. The first-order valence-corrected chi connectivity index (χ1v) is 14.5. The summed E-state index contributed by atoms with van der Waals surface area (Å²) in [6.07, 6.45) is 0. The summed E-state index contributed by atoms with van der Waals surface area (Å²) in [6, 6.07) is 19.5. The Morgan fingerprint density at radius 2 is 1.79 bits per heavy atom. The molecule has 2 N–H and O–H groups in total. The van der Waals surface area contributed by atoms with Crippen molar-refractivity contribution in [2.75, 3.05) is 16.8 Å². The third-order valence-electron chi connectivity index (χ3n) is 7.07. The lowest BCUT2D eigenvalue weighted by Crippen LogP contribution is -2.32. The van der Waals surface area contributed by atoms with Gasteiger partial charge in [0.25, 0.3) is 11.6 Å². The SMILES string of the molecule is Cc1ccc(NC(=O)COc2cccc([C@H]3c4sc(=O)[nH]c4SC4C(=O)N(c5ccc([N+](=O)[O-])cc5)C(=O)C43)c2)cc1. The van der Waals surface area contributed by atoms with Crippen LogP contribution in [0, 0.1) is 23.0 Å². The molecule has 0 bridgehead atoms. The minimum atomic E-state index is -0.836. The van der Waals surface area contributed by atoms with Crippen LogP contribution in [0.15, 0.2) is 82.6 Å². The number of anilines is 2. The lowest BCUT2D eigenvalue weighted by Gasteiger charge is -2.30. The van der Waals surface area contributed by atoms with Crippen molar-refractivity contribution in [2.45, 2.75) is 23.1 Å². The molecule has 3 heterocycles. The number of hydrogen-bond acceptors (Lipinski definition) is 9. The second-order valence-corrected chi connectivity index (χ2v) is 12.0. The van der Waals surface area contributed by atoms with Gasteiger partial charge in [0.05, 0.1) is 21.6 Å². The van der Waals surface area contributed by atoms with E-state index in [2.05, 4.69) is 10.3 Å². The molecule has 0 saturated carbocycles. The Hall–Kier alpha value is -4.75. The molecule has 0 radical (unpaired) electrons. The number of nitro groups is 1. The zero-order valence-electron chi connectivity index (χ0n) is 21.9. The number of ether oxygens (including phenoxy) is 1. The van der Waals surface area contributed by atoms with Crippen LogP contribution in [0.5, 0.6) is 5.75 Å². The monoisotopic (exact) mass is 602 g/mol. The summed E-state index contributed by atoms with van der Waals surface area (Å²) in [4.78, 5) is 67.0. The number of benzene rings is 3. The molecule has 1 saturated heterocycles. The van der Waals surface area contributed by atoms with Crippen LogP contribution in [-0.2, 0) is 14.4 Å². The van der Waals surface area contributed by atoms with E-state index in [0.717, 1.165) is 33.6 Å². The van der Waals surface area contributed by atoms with Crippen molar-refractivity contribution in [1.82, 2.24) is 4.98 Å². The highest BCUT2D eigenvalue weighted by Gasteiger charge is 2.56. The number of amides is 3. The van der Waals surface area contributed by atoms with Crippen LogP contribution in [0.1, 0.15) is 21.9 Å². The zero-order chi connectivity index (χ0) is 29.5. The van der Waals surface area contributed by atoms with E-state index in [9.17, 15) is 29.3 Å². The van der Waals surface area contributed by atoms with Gasteiger partial charge in [-0.25, -0.2) is 4.90 Å². The molecule has 3 atom stereocenters. The zero-order valence-corrected chi connectivity index (χ0v) is 23.6. The van der Waals surface area contributed by atoms with Crippen molar-refractivity contribution >= 4 is 57.9 Å². The number of non-ortho nitro benzene ring substituents is 1. The molecule has 0 aliphatic carbocycles. The quantitative estimate of drug-likeness (QED) is 0.179. The van der Waals surface area contributed by atoms with Crippen LogP contribution in [0.2, 0.25) is 0 Å². The van der Waals surface area contributed by atoms with Crippen LogP contribution in [0.25, 0.3) is 0 Å². The average molecular weight is 603 g/mol. The van der Waals surface area contributed by atoms with Crippen molar-refractivity contribution in [2.24, 2.45) is 5.92 Å². The molecule has 4 aromatic rings. The molecule has 11 nitrogen and oxygen atoms in total. The van der Waals surface area contributed by atoms with E-state index in [1.807, 2.05) is 19.1 Å². The largest absolute Gasteiger partial charge is 0.484 e. The van der Waals surface area contributed by atoms with Gasteiger partial charge in [0, 0.05) is 28.6 Å². The minimum Gasteiger partial charge on any atom is -0.484 e. The number of thiazole rings is 1. The van der Waals surface area contributed by atoms with Crippen molar-refractivity contribution < 1.29 is 24.0 Å².